The number of oxime groups is 1. The van der Waals surface area contributed by atoms with Crippen molar-refractivity contribution >= 4 is 17.6 Å². The van der Waals surface area contributed by atoms with Crippen molar-refractivity contribution in [3.63, 3.8) is 0 Å². The van der Waals surface area contributed by atoms with Crippen molar-refractivity contribution in [2.45, 2.75) is 11.2 Å². The van der Waals surface area contributed by atoms with Crippen molar-refractivity contribution in [3.05, 3.63) is 18.6 Å². The van der Waals surface area contributed by atoms with E-state index in [1.54, 1.807) is 0 Å². The van der Waals surface area contributed by atoms with E-state index in [4.69, 9.17) is 10.9 Å². The number of nitrogens with zero attached hydrogens (tertiary/aromatic N) is 3. The Hall–Kier alpha value is -1.51. The van der Waals surface area contributed by atoms with Crippen LogP contribution in [0.25, 0.3) is 0 Å². The molecule has 0 radical (unpaired) electrons. The number of hydrogen-bond donors (Lipinski definition) is 2. The summed E-state index contributed by atoms with van der Waals surface area (Å²) in [6, 6.07) is 0. The fraction of sp³-hybridized carbons (Fsp3) is 0.375. The third-order valence-corrected chi connectivity index (χ3v) is 2.81. The zero-order chi connectivity index (χ0) is 12.9. The van der Waals surface area contributed by atoms with E-state index in [9.17, 15) is 13.2 Å². The highest BCUT2D eigenvalue weighted by Crippen LogP contribution is 2.31. The van der Waals surface area contributed by atoms with Gasteiger partial charge in [-0.1, -0.05) is 5.16 Å². The second-order valence-electron chi connectivity index (χ2n) is 2.97. The maximum Gasteiger partial charge on any atom is 0.399 e. The monoisotopic (exact) mass is 266 g/mol. The topological polar surface area (TPSA) is 84.4 Å². The lowest BCUT2D eigenvalue weighted by molar-refractivity contribution is -0.150. The van der Waals surface area contributed by atoms with Crippen molar-refractivity contribution in [2.75, 3.05) is 5.75 Å². The van der Waals surface area contributed by atoms with Crippen LogP contribution >= 0.6 is 11.8 Å². The predicted octanol–water partition coefficient (Wildman–Crippen LogP) is 1.49. The van der Waals surface area contributed by atoms with Crippen molar-refractivity contribution in [1.82, 2.24) is 9.97 Å². The fourth-order valence-corrected chi connectivity index (χ4v) is 1.91. The van der Waals surface area contributed by atoms with Crippen LogP contribution in [-0.2, 0) is 0 Å². The van der Waals surface area contributed by atoms with Gasteiger partial charge in [-0.05, 0) is 0 Å². The molecule has 0 aromatic carbocycles. The largest absolute Gasteiger partial charge is 0.409 e. The Morgan fingerprint density at radius 2 is 2.24 bits per heavy atom. The molecule has 1 aromatic heterocycles. The number of hydrogen-bond acceptors (Lipinski definition) is 5. The van der Waals surface area contributed by atoms with Crippen molar-refractivity contribution in [1.29, 1.82) is 0 Å². The quantitative estimate of drug-likeness (QED) is 0.283. The number of alkyl halides is 3. The fourth-order valence-electron chi connectivity index (χ4n) is 0.946. The molecule has 0 saturated carbocycles. The molecule has 0 fully saturated rings. The highest BCUT2D eigenvalue weighted by atomic mass is 32.2. The van der Waals surface area contributed by atoms with Gasteiger partial charge in [0.2, 0.25) is 0 Å². The third-order valence-electron chi connectivity index (χ3n) is 1.80. The molecule has 1 atom stereocenters. The lowest BCUT2D eigenvalue weighted by atomic mass is 10.1. The van der Waals surface area contributed by atoms with Gasteiger partial charge in [-0.2, -0.15) is 13.2 Å². The third kappa shape index (κ3) is 4.10. The second-order valence-corrected chi connectivity index (χ2v) is 4.01. The SMILES string of the molecule is N/C(=N/O)C(CSc1cnccn1)C(F)(F)F. The lowest BCUT2D eigenvalue weighted by Crippen LogP contribution is -2.37. The standard InChI is InChI=1S/C8H9F3N4OS/c9-8(10,11)5(7(12)15-16)4-17-6-3-13-1-2-14-6/h1-3,5,16H,4H2,(H2,12,15). The van der Waals surface area contributed by atoms with Crippen molar-refractivity contribution < 1.29 is 18.4 Å². The minimum absolute atomic E-state index is 0.340. The van der Waals surface area contributed by atoms with E-state index >= 15 is 0 Å². The molecule has 1 unspecified atom stereocenters. The lowest BCUT2D eigenvalue weighted by Gasteiger charge is -2.17. The molecule has 0 aliphatic heterocycles. The van der Waals surface area contributed by atoms with Gasteiger partial charge < -0.3 is 10.9 Å². The molecule has 0 aliphatic carbocycles. The van der Waals surface area contributed by atoms with E-state index in [1.807, 2.05) is 0 Å². The van der Waals surface area contributed by atoms with Crippen LogP contribution in [0.5, 0.6) is 0 Å². The van der Waals surface area contributed by atoms with E-state index in [1.165, 1.54) is 18.6 Å². The first-order valence-corrected chi connectivity index (χ1v) is 5.36. The molecule has 17 heavy (non-hydrogen) atoms. The Balaban J connectivity index is 2.69. The Labute approximate surface area is 98.9 Å². The van der Waals surface area contributed by atoms with Gasteiger partial charge in [-0.25, -0.2) is 4.98 Å². The summed E-state index contributed by atoms with van der Waals surface area (Å²) in [7, 11) is 0. The van der Waals surface area contributed by atoms with E-state index in [0.29, 0.717) is 5.03 Å². The molecule has 94 valence electrons. The van der Waals surface area contributed by atoms with Crippen LogP contribution in [0.2, 0.25) is 0 Å². The molecular formula is C8H9F3N4OS. The first-order chi connectivity index (χ1) is 7.95. The first kappa shape index (κ1) is 13.6. The summed E-state index contributed by atoms with van der Waals surface area (Å²) in [6.45, 7) is 0. The Morgan fingerprint density at radius 3 is 2.71 bits per heavy atom. The van der Waals surface area contributed by atoms with Gasteiger partial charge in [-0.3, -0.25) is 4.98 Å². The zero-order valence-electron chi connectivity index (χ0n) is 8.42. The summed E-state index contributed by atoms with van der Waals surface area (Å²) >= 11 is 0.834. The summed E-state index contributed by atoms with van der Waals surface area (Å²) in [5.74, 6) is -3.30. The van der Waals surface area contributed by atoms with Gasteiger partial charge in [0, 0.05) is 18.1 Å². The number of aromatic nitrogens is 2. The number of rotatable bonds is 4. The van der Waals surface area contributed by atoms with Crippen molar-refractivity contribution in [3.8, 4) is 0 Å². The summed E-state index contributed by atoms with van der Waals surface area (Å²) in [4.78, 5) is 7.52. The Bertz CT molecular complexity index is 384. The number of thioether (sulfide) groups is 1. The highest BCUT2D eigenvalue weighted by molar-refractivity contribution is 7.99. The normalized spacial score (nSPS) is 14.6. The average Bonchev–Trinajstić information content (AvgIpc) is 2.28. The van der Waals surface area contributed by atoms with E-state index in [-0.39, 0.29) is 0 Å². The minimum Gasteiger partial charge on any atom is -0.409 e. The molecule has 5 nitrogen and oxygen atoms in total. The van der Waals surface area contributed by atoms with Gasteiger partial charge in [0.05, 0.1) is 6.20 Å². The molecule has 0 bridgehead atoms. The summed E-state index contributed by atoms with van der Waals surface area (Å²) < 4.78 is 37.6. The minimum atomic E-state index is -4.56. The number of amidine groups is 1. The van der Waals surface area contributed by atoms with Crippen molar-refractivity contribution in [2.24, 2.45) is 16.8 Å². The van der Waals surface area contributed by atoms with Crippen LogP contribution in [0, 0.1) is 5.92 Å². The molecule has 1 rings (SSSR count). The average molecular weight is 266 g/mol. The Morgan fingerprint density at radius 1 is 1.53 bits per heavy atom. The molecule has 0 spiro atoms. The molecule has 9 heteroatoms. The maximum absolute atomic E-state index is 12.5. The highest BCUT2D eigenvalue weighted by Gasteiger charge is 2.42. The first-order valence-electron chi connectivity index (χ1n) is 4.38. The molecule has 0 amide bonds. The predicted molar refractivity (Wildman–Crippen MR) is 55.7 cm³/mol. The van der Waals surface area contributed by atoms with Crippen LogP contribution in [-0.4, -0.2) is 32.9 Å². The maximum atomic E-state index is 12.5. The Kier molecular flexibility index (Phi) is 4.55. The van der Waals surface area contributed by atoms with E-state index in [2.05, 4.69) is 15.1 Å². The zero-order valence-corrected chi connectivity index (χ0v) is 9.24. The molecule has 3 N–H and O–H groups in total. The van der Waals surface area contributed by atoms with Crippen LogP contribution in [0.1, 0.15) is 0 Å². The molecule has 1 aromatic rings. The van der Waals surface area contributed by atoms with Gasteiger partial charge in [0.15, 0.2) is 5.84 Å². The smallest absolute Gasteiger partial charge is 0.399 e. The number of nitrogens with two attached hydrogens (primary N) is 1. The van der Waals surface area contributed by atoms with Gasteiger partial charge in [-0.15, -0.1) is 11.8 Å². The van der Waals surface area contributed by atoms with Gasteiger partial charge in [0.1, 0.15) is 10.9 Å². The van der Waals surface area contributed by atoms with Crippen LogP contribution in [0.15, 0.2) is 28.8 Å². The van der Waals surface area contributed by atoms with Gasteiger partial charge in [0.25, 0.3) is 0 Å². The molecule has 0 aliphatic rings. The second kappa shape index (κ2) is 5.71. The van der Waals surface area contributed by atoms with Gasteiger partial charge >= 0.3 is 6.18 Å². The summed E-state index contributed by atoms with van der Waals surface area (Å²) in [6.07, 6.45) is -0.445. The summed E-state index contributed by atoms with van der Waals surface area (Å²) in [5.41, 5.74) is 5.00. The molecular weight excluding hydrogens is 257 g/mol. The molecule has 1 heterocycles. The van der Waals surface area contributed by atoms with E-state index < -0.39 is 23.7 Å². The summed E-state index contributed by atoms with van der Waals surface area (Å²) in [5, 5.41) is 11.0. The van der Waals surface area contributed by atoms with Crippen LogP contribution in [0.3, 0.4) is 0 Å². The molecule has 0 saturated heterocycles. The van der Waals surface area contributed by atoms with E-state index in [0.717, 1.165) is 11.8 Å². The van der Waals surface area contributed by atoms with Crippen LogP contribution < -0.4 is 5.73 Å². The number of halogens is 3. The van der Waals surface area contributed by atoms with Crippen LogP contribution in [0.4, 0.5) is 13.2 Å².